The van der Waals surface area contributed by atoms with Gasteiger partial charge in [0.05, 0.1) is 17.8 Å². The predicted molar refractivity (Wildman–Crippen MR) is 61.8 cm³/mol. The summed E-state index contributed by atoms with van der Waals surface area (Å²) < 4.78 is 5.07. The topological polar surface area (TPSA) is 61.0 Å². The first-order valence-corrected chi connectivity index (χ1v) is 6.17. The summed E-state index contributed by atoms with van der Waals surface area (Å²) in [5.74, 6) is 0. The lowest BCUT2D eigenvalue weighted by molar-refractivity contribution is 0.181. The number of nitrogens with two attached hydrogens (primary N) is 1. The summed E-state index contributed by atoms with van der Waals surface area (Å²) in [6, 6.07) is 0. The Labute approximate surface area is 95.8 Å². The lowest BCUT2D eigenvalue weighted by Gasteiger charge is -1.95. The Morgan fingerprint density at radius 3 is 3.00 bits per heavy atom. The first kappa shape index (κ1) is 10.7. The largest absolute Gasteiger partial charge is 0.378 e. The molecule has 0 aromatic carbocycles. The van der Waals surface area contributed by atoms with Gasteiger partial charge in [-0.15, -0.1) is 22.7 Å². The molecule has 0 aliphatic heterocycles. The smallest absolute Gasteiger partial charge is 0.143 e. The second-order valence-corrected chi connectivity index (χ2v) is 4.70. The van der Waals surface area contributed by atoms with Crippen LogP contribution in [0.4, 0.5) is 0 Å². The molecule has 0 bridgehead atoms. The molecule has 0 aliphatic rings. The van der Waals surface area contributed by atoms with Gasteiger partial charge in [-0.05, 0) is 0 Å². The van der Waals surface area contributed by atoms with Crippen LogP contribution in [-0.2, 0) is 17.9 Å². The van der Waals surface area contributed by atoms with E-state index < -0.39 is 0 Å². The molecule has 2 aromatic rings. The summed E-state index contributed by atoms with van der Waals surface area (Å²) in [5, 5.41) is 2.90. The third kappa shape index (κ3) is 2.23. The molecule has 0 saturated heterocycles. The van der Waals surface area contributed by atoms with E-state index in [1.165, 1.54) is 0 Å². The highest BCUT2D eigenvalue weighted by atomic mass is 32.1. The van der Waals surface area contributed by atoms with E-state index in [2.05, 4.69) is 9.97 Å². The number of thiazole rings is 2. The van der Waals surface area contributed by atoms with E-state index in [1.54, 1.807) is 35.3 Å². The van der Waals surface area contributed by atoms with Gasteiger partial charge in [0.2, 0.25) is 0 Å². The van der Waals surface area contributed by atoms with Crippen molar-refractivity contribution in [1.82, 2.24) is 9.97 Å². The van der Waals surface area contributed by atoms with Crippen molar-refractivity contribution in [1.29, 1.82) is 0 Å². The molecule has 2 N–H and O–H groups in total. The molecule has 0 unspecified atom stereocenters. The van der Waals surface area contributed by atoms with Gasteiger partial charge in [0.15, 0.2) is 0 Å². The van der Waals surface area contributed by atoms with Crippen LogP contribution in [0.5, 0.6) is 0 Å². The van der Waals surface area contributed by atoms with Crippen molar-refractivity contribution in [3.63, 3.8) is 0 Å². The minimum Gasteiger partial charge on any atom is -0.378 e. The fourth-order valence-electron chi connectivity index (χ4n) is 1.22. The van der Waals surface area contributed by atoms with Crippen LogP contribution >= 0.6 is 22.7 Å². The quantitative estimate of drug-likeness (QED) is 0.887. The van der Waals surface area contributed by atoms with Gasteiger partial charge in [-0.3, -0.25) is 0 Å². The van der Waals surface area contributed by atoms with Gasteiger partial charge < -0.3 is 10.5 Å². The monoisotopic (exact) mass is 241 g/mol. The molecule has 80 valence electrons. The third-order valence-corrected chi connectivity index (χ3v) is 3.63. The highest BCUT2D eigenvalue weighted by molar-refractivity contribution is 7.15. The predicted octanol–water partition coefficient (Wildman–Crippen LogP) is 1.87. The maximum atomic E-state index is 5.64. The van der Waals surface area contributed by atoms with Crippen LogP contribution in [-0.4, -0.2) is 17.1 Å². The molecule has 0 fully saturated rings. The van der Waals surface area contributed by atoms with Gasteiger partial charge in [-0.2, -0.15) is 0 Å². The minimum atomic E-state index is 0.500. The van der Waals surface area contributed by atoms with Crippen molar-refractivity contribution in [2.24, 2.45) is 5.73 Å². The molecule has 0 aliphatic carbocycles. The number of aromatic nitrogens is 2. The van der Waals surface area contributed by atoms with Gasteiger partial charge in [0.1, 0.15) is 10.7 Å². The Kier molecular flexibility index (Phi) is 3.42. The second-order valence-electron chi connectivity index (χ2n) is 2.90. The standard InChI is InChI=1S/C9H11N3OS2/c1-13-3-6-8(2-10)15-9(12-6)7-4-14-5-11-7/h4-5H,2-3,10H2,1H3. The number of hydrogen-bond donors (Lipinski definition) is 1. The summed E-state index contributed by atoms with van der Waals surface area (Å²) >= 11 is 3.15. The average Bonchev–Trinajstić information content (AvgIpc) is 2.84. The fourth-order valence-corrected chi connectivity index (χ4v) is 2.74. The van der Waals surface area contributed by atoms with Gasteiger partial charge in [0.25, 0.3) is 0 Å². The first-order chi connectivity index (χ1) is 7.35. The van der Waals surface area contributed by atoms with Crippen LogP contribution in [0.1, 0.15) is 10.6 Å². The van der Waals surface area contributed by atoms with Gasteiger partial charge >= 0.3 is 0 Å². The van der Waals surface area contributed by atoms with Crippen LogP contribution in [0.25, 0.3) is 10.7 Å². The number of methoxy groups -OCH3 is 1. The van der Waals surface area contributed by atoms with Crippen molar-refractivity contribution in [2.45, 2.75) is 13.2 Å². The van der Waals surface area contributed by atoms with E-state index >= 15 is 0 Å². The number of hydrogen-bond acceptors (Lipinski definition) is 6. The summed E-state index contributed by atoms with van der Waals surface area (Å²) in [5.41, 5.74) is 9.29. The Morgan fingerprint density at radius 1 is 1.53 bits per heavy atom. The van der Waals surface area contributed by atoms with Crippen molar-refractivity contribution in [2.75, 3.05) is 7.11 Å². The summed E-state index contributed by atoms with van der Waals surface area (Å²) in [4.78, 5) is 9.76. The van der Waals surface area contributed by atoms with Crippen molar-refractivity contribution in [3.05, 3.63) is 21.5 Å². The zero-order chi connectivity index (χ0) is 10.7. The molecule has 15 heavy (non-hydrogen) atoms. The lowest BCUT2D eigenvalue weighted by Crippen LogP contribution is -1.99. The molecule has 6 heteroatoms. The molecule has 4 nitrogen and oxygen atoms in total. The lowest BCUT2D eigenvalue weighted by atomic mass is 10.4. The molecule has 0 radical (unpaired) electrons. The Bertz CT molecular complexity index is 425. The molecule has 0 spiro atoms. The molecule has 2 aromatic heterocycles. The zero-order valence-electron chi connectivity index (χ0n) is 8.27. The highest BCUT2D eigenvalue weighted by Crippen LogP contribution is 2.27. The fraction of sp³-hybridized carbons (Fsp3) is 0.333. The highest BCUT2D eigenvalue weighted by Gasteiger charge is 2.12. The van der Waals surface area contributed by atoms with E-state index in [-0.39, 0.29) is 0 Å². The van der Waals surface area contributed by atoms with E-state index in [4.69, 9.17) is 10.5 Å². The van der Waals surface area contributed by atoms with Crippen LogP contribution in [0, 0.1) is 0 Å². The minimum absolute atomic E-state index is 0.500. The van der Waals surface area contributed by atoms with Crippen LogP contribution in [0.15, 0.2) is 10.9 Å². The van der Waals surface area contributed by atoms with E-state index in [9.17, 15) is 0 Å². The van der Waals surface area contributed by atoms with Crippen molar-refractivity contribution < 1.29 is 4.74 Å². The molecule has 0 saturated carbocycles. The number of ether oxygens (including phenoxy) is 1. The number of rotatable bonds is 4. The van der Waals surface area contributed by atoms with E-state index in [0.717, 1.165) is 21.3 Å². The molecule has 0 amide bonds. The average molecular weight is 241 g/mol. The Balaban J connectivity index is 2.34. The Morgan fingerprint density at radius 2 is 2.40 bits per heavy atom. The molecule has 2 heterocycles. The maximum absolute atomic E-state index is 5.64. The van der Waals surface area contributed by atoms with Gasteiger partial charge in [0, 0.05) is 23.9 Å². The molecule has 2 rings (SSSR count). The SMILES string of the molecule is COCc1nc(-c2cscn2)sc1CN. The van der Waals surface area contributed by atoms with Crippen LogP contribution in [0.3, 0.4) is 0 Å². The van der Waals surface area contributed by atoms with Crippen molar-refractivity contribution in [3.8, 4) is 10.7 Å². The third-order valence-electron chi connectivity index (χ3n) is 1.90. The first-order valence-electron chi connectivity index (χ1n) is 4.41. The maximum Gasteiger partial charge on any atom is 0.143 e. The second kappa shape index (κ2) is 4.80. The summed E-state index contributed by atoms with van der Waals surface area (Å²) in [7, 11) is 1.65. The van der Waals surface area contributed by atoms with Crippen LogP contribution < -0.4 is 5.73 Å². The summed E-state index contributed by atoms with van der Waals surface area (Å²) in [6.07, 6.45) is 0. The van der Waals surface area contributed by atoms with Crippen molar-refractivity contribution >= 4 is 22.7 Å². The van der Waals surface area contributed by atoms with Crippen LogP contribution in [0.2, 0.25) is 0 Å². The normalized spacial score (nSPS) is 10.8. The summed E-state index contributed by atoms with van der Waals surface area (Å²) in [6.45, 7) is 1.01. The van der Waals surface area contributed by atoms with Gasteiger partial charge in [-0.1, -0.05) is 0 Å². The van der Waals surface area contributed by atoms with E-state index in [1.807, 2.05) is 5.38 Å². The molecular weight excluding hydrogens is 230 g/mol. The van der Waals surface area contributed by atoms with Gasteiger partial charge in [-0.25, -0.2) is 9.97 Å². The number of nitrogens with zero attached hydrogens (tertiary/aromatic N) is 2. The molecule has 0 atom stereocenters. The zero-order valence-corrected chi connectivity index (χ0v) is 9.90. The Hall–Kier alpha value is -0.820. The van der Waals surface area contributed by atoms with E-state index in [0.29, 0.717) is 13.2 Å². The molecular formula is C9H11N3OS2.